The number of amides is 1. The van der Waals surface area contributed by atoms with Crippen molar-refractivity contribution in [1.29, 1.82) is 0 Å². The number of nitrogens with two attached hydrogens (primary N) is 1. The van der Waals surface area contributed by atoms with Crippen LogP contribution in [0.1, 0.15) is 24.2 Å². The molecule has 0 unspecified atom stereocenters. The summed E-state index contributed by atoms with van der Waals surface area (Å²) in [7, 11) is 3.69. The average molecular weight is 264 g/mol. The van der Waals surface area contributed by atoms with Crippen LogP contribution in [-0.4, -0.2) is 44.0 Å². The number of carbonyl (C=O) groups is 1. The Hall–Kier alpha value is -1.75. The minimum Gasteiger partial charge on any atom is -0.397 e. The smallest absolute Gasteiger partial charge is 0.251 e. The second kappa shape index (κ2) is 6.99. The van der Waals surface area contributed by atoms with Gasteiger partial charge in [-0.2, -0.15) is 0 Å². The lowest BCUT2D eigenvalue weighted by Crippen LogP contribution is -2.31. The lowest BCUT2D eigenvalue weighted by atomic mass is 10.1. The number of nitrogens with one attached hydrogen (secondary N) is 2. The van der Waals surface area contributed by atoms with Crippen molar-refractivity contribution in [3.05, 3.63) is 23.8 Å². The van der Waals surface area contributed by atoms with Gasteiger partial charge in [0.2, 0.25) is 0 Å². The Morgan fingerprint density at radius 1 is 1.42 bits per heavy atom. The first-order chi connectivity index (χ1) is 8.95. The van der Waals surface area contributed by atoms with Crippen molar-refractivity contribution < 1.29 is 4.79 Å². The minimum atomic E-state index is -0.109. The number of anilines is 2. The van der Waals surface area contributed by atoms with Crippen molar-refractivity contribution in [1.82, 2.24) is 10.2 Å². The molecule has 0 saturated carbocycles. The Morgan fingerprint density at radius 3 is 2.68 bits per heavy atom. The summed E-state index contributed by atoms with van der Waals surface area (Å²) in [6.07, 6.45) is 0. The quantitative estimate of drug-likeness (QED) is 0.679. The largest absolute Gasteiger partial charge is 0.397 e. The van der Waals surface area contributed by atoms with Gasteiger partial charge in [0.25, 0.3) is 5.91 Å². The fourth-order valence-corrected chi connectivity index (χ4v) is 1.62. The number of carbonyl (C=O) groups excluding carboxylic acids is 1. The number of nitrogen functional groups attached to an aromatic ring is 1. The summed E-state index contributed by atoms with van der Waals surface area (Å²) in [6, 6.07) is 5.76. The molecule has 106 valence electrons. The van der Waals surface area contributed by atoms with Crippen LogP contribution in [0.15, 0.2) is 18.2 Å². The summed E-state index contributed by atoms with van der Waals surface area (Å²) in [5.74, 6) is -0.109. The summed E-state index contributed by atoms with van der Waals surface area (Å²) in [6.45, 7) is 6.01. The van der Waals surface area contributed by atoms with Gasteiger partial charge in [-0.1, -0.05) is 0 Å². The monoisotopic (exact) mass is 264 g/mol. The van der Waals surface area contributed by atoms with E-state index in [1.165, 1.54) is 0 Å². The highest BCUT2D eigenvalue weighted by atomic mass is 16.1. The molecule has 1 amide bonds. The van der Waals surface area contributed by atoms with E-state index in [-0.39, 0.29) is 5.91 Å². The SMILES string of the molecule is CNC(=O)c1ccc(N)c(NCCN(C)C(C)C)c1. The minimum absolute atomic E-state index is 0.109. The lowest BCUT2D eigenvalue weighted by molar-refractivity contribution is 0.0963. The highest BCUT2D eigenvalue weighted by molar-refractivity contribution is 5.96. The molecule has 0 aliphatic rings. The van der Waals surface area contributed by atoms with Gasteiger partial charge in [-0.25, -0.2) is 0 Å². The van der Waals surface area contributed by atoms with Crippen LogP contribution >= 0.6 is 0 Å². The Morgan fingerprint density at radius 2 is 2.11 bits per heavy atom. The lowest BCUT2D eigenvalue weighted by Gasteiger charge is -2.21. The van der Waals surface area contributed by atoms with Crippen molar-refractivity contribution in [3.63, 3.8) is 0 Å². The number of benzene rings is 1. The maximum atomic E-state index is 11.6. The molecule has 1 rings (SSSR count). The molecule has 19 heavy (non-hydrogen) atoms. The van der Waals surface area contributed by atoms with E-state index in [9.17, 15) is 4.79 Å². The summed E-state index contributed by atoms with van der Waals surface area (Å²) >= 11 is 0. The summed E-state index contributed by atoms with van der Waals surface area (Å²) in [4.78, 5) is 13.8. The molecule has 0 spiro atoms. The van der Waals surface area contributed by atoms with Crippen LogP contribution in [-0.2, 0) is 0 Å². The van der Waals surface area contributed by atoms with Gasteiger partial charge in [-0.3, -0.25) is 4.79 Å². The van der Waals surface area contributed by atoms with Crippen molar-refractivity contribution in [2.75, 3.05) is 38.2 Å². The summed E-state index contributed by atoms with van der Waals surface area (Å²) in [5.41, 5.74) is 7.96. The maximum absolute atomic E-state index is 11.6. The molecule has 5 nitrogen and oxygen atoms in total. The maximum Gasteiger partial charge on any atom is 0.251 e. The molecule has 1 aromatic rings. The predicted molar refractivity (Wildman–Crippen MR) is 80.5 cm³/mol. The molecule has 0 bridgehead atoms. The molecule has 4 N–H and O–H groups in total. The van der Waals surface area contributed by atoms with E-state index in [1.54, 1.807) is 25.2 Å². The number of hydrogen-bond donors (Lipinski definition) is 3. The third kappa shape index (κ3) is 4.44. The fraction of sp³-hybridized carbons (Fsp3) is 0.500. The highest BCUT2D eigenvalue weighted by Gasteiger charge is 2.07. The van der Waals surface area contributed by atoms with Crippen LogP contribution in [0.3, 0.4) is 0 Å². The van der Waals surface area contributed by atoms with Gasteiger partial charge in [0.15, 0.2) is 0 Å². The molecule has 0 fully saturated rings. The second-order valence-electron chi connectivity index (χ2n) is 4.88. The normalized spacial score (nSPS) is 10.8. The standard InChI is InChI=1S/C14H24N4O/c1-10(2)18(4)8-7-17-13-9-11(14(19)16-3)5-6-12(13)15/h5-6,9-10,17H,7-8,15H2,1-4H3,(H,16,19). The van der Waals surface area contributed by atoms with E-state index >= 15 is 0 Å². The number of rotatable bonds is 6. The van der Waals surface area contributed by atoms with E-state index in [0.717, 1.165) is 18.8 Å². The molecule has 0 saturated heterocycles. The second-order valence-corrected chi connectivity index (χ2v) is 4.88. The van der Waals surface area contributed by atoms with Gasteiger partial charge in [0, 0.05) is 31.7 Å². The predicted octanol–water partition coefficient (Wildman–Crippen LogP) is 1.38. The Kier molecular flexibility index (Phi) is 5.63. The molecular formula is C14H24N4O. The zero-order valence-electron chi connectivity index (χ0n) is 12.2. The van der Waals surface area contributed by atoms with Gasteiger partial charge in [-0.15, -0.1) is 0 Å². The van der Waals surface area contributed by atoms with E-state index in [0.29, 0.717) is 17.3 Å². The Labute approximate surface area is 115 Å². The summed E-state index contributed by atoms with van der Waals surface area (Å²) in [5, 5.41) is 5.87. The van der Waals surface area contributed by atoms with Crippen LogP contribution in [0, 0.1) is 0 Å². The molecule has 0 radical (unpaired) electrons. The molecule has 0 aliphatic carbocycles. The van der Waals surface area contributed by atoms with Crippen molar-refractivity contribution in [2.24, 2.45) is 0 Å². The van der Waals surface area contributed by atoms with Crippen LogP contribution in [0.25, 0.3) is 0 Å². The highest BCUT2D eigenvalue weighted by Crippen LogP contribution is 2.19. The third-order valence-electron chi connectivity index (χ3n) is 3.20. The molecule has 0 aromatic heterocycles. The van der Waals surface area contributed by atoms with E-state index < -0.39 is 0 Å². The first-order valence-corrected chi connectivity index (χ1v) is 6.51. The number of hydrogen-bond acceptors (Lipinski definition) is 4. The Balaban J connectivity index is 2.65. The Bertz CT molecular complexity index is 431. The fourth-order valence-electron chi connectivity index (χ4n) is 1.62. The van der Waals surface area contributed by atoms with Gasteiger partial charge in [0.1, 0.15) is 0 Å². The van der Waals surface area contributed by atoms with E-state index in [2.05, 4.69) is 36.4 Å². The van der Waals surface area contributed by atoms with Crippen molar-refractivity contribution in [2.45, 2.75) is 19.9 Å². The number of nitrogens with zero attached hydrogens (tertiary/aromatic N) is 1. The third-order valence-corrected chi connectivity index (χ3v) is 3.20. The zero-order valence-corrected chi connectivity index (χ0v) is 12.2. The average Bonchev–Trinajstić information content (AvgIpc) is 2.39. The van der Waals surface area contributed by atoms with E-state index in [1.807, 2.05) is 0 Å². The van der Waals surface area contributed by atoms with Crippen LogP contribution in [0.5, 0.6) is 0 Å². The first kappa shape index (κ1) is 15.3. The molecule has 5 heteroatoms. The number of likely N-dealkylation sites (N-methyl/N-ethyl adjacent to an activating group) is 1. The molecule has 0 aliphatic heterocycles. The topological polar surface area (TPSA) is 70.4 Å². The zero-order chi connectivity index (χ0) is 14.4. The molecule has 1 aromatic carbocycles. The molecular weight excluding hydrogens is 240 g/mol. The molecule has 0 heterocycles. The van der Waals surface area contributed by atoms with Gasteiger partial charge in [-0.05, 0) is 39.1 Å². The summed E-state index contributed by atoms with van der Waals surface area (Å²) < 4.78 is 0. The molecule has 0 atom stereocenters. The van der Waals surface area contributed by atoms with Gasteiger partial charge >= 0.3 is 0 Å². The van der Waals surface area contributed by atoms with Gasteiger partial charge < -0.3 is 21.3 Å². The van der Waals surface area contributed by atoms with Crippen LogP contribution < -0.4 is 16.4 Å². The first-order valence-electron chi connectivity index (χ1n) is 6.51. The van der Waals surface area contributed by atoms with E-state index in [4.69, 9.17) is 5.73 Å². The van der Waals surface area contributed by atoms with Gasteiger partial charge in [0.05, 0.1) is 11.4 Å². The van der Waals surface area contributed by atoms with Crippen LogP contribution in [0.2, 0.25) is 0 Å². The van der Waals surface area contributed by atoms with Crippen molar-refractivity contribution in [3.8, 4) is 0 Å². The van der Waals surface area contributed by atoms with Crippen LogP contribution in [0.4, 0.5) is 11.4 Å². The van der Waals surface area contributed by atoms with Crippen molar-refractivity contribution >= 4 is 17.3 Å².